The fourth-order valence-corrected chi connectivity index (χ4v) is 2.00. The van der Waals surface area contributed by atoms with Gasteiger partial charge in [0.1, 0.15) is 5.75 Å². The van der Waals surface area contributed by atoms with Gasteiger partial charge >= 0.3 is 0 Å². The number of aryl methyl sites for hydroxylation is 1. The summed E-state index contributed by atoms with van der Waals surface area (Å²) >= 11 is 0. The van der Waals surface area contributed by atoms with Crippen molar-refractivity contribution in [2.75, 3.05) is 6.61 Å². The van der Waals surface area contributed by atoms with Gasteiger partial charge in [-0.25, -0.2) is 0 Å². The van der Waals surface area contributed by atoms with Crippen LogP contribution in [0.2, 0.25) is 0 Å². The van der Waals surface area contributed by atoms with Gasteiger partial charge in [-0.2, -0.15) is 0 Å². The molecular formula is C16H20N2O. The summed E-state index contributed by atoms with van der Waals surface area (Å²) in [5.74, 6) is 0.764. The standard InChI is InChI=1S/C16H20N2O/c1-3-12-5-7-13(8-6-12)16(17)14-9-15(19-4-2)11-18-10-14/h5-11,16H,3-4,17H2,1-2H3. The molecule has 100 valence electrons. The fraction of sp³-hybridized carbons (Fsp3) is 0.312. The molecule has 1 aromatic heterocycles. The van der Waals surface area contributed by atoms with Gasteiger partial charge in [-0.15, -0.1) is 0 Å². The predicted octanol–water partition coefficient (Wildman–Crippen LogP) is 3.09. The Morgan fingerprint density at radius 2 is 1.84 bits per heavy atom. The van der Waals surface area contributed by atoms with Crippen molar-refractivity contribution in [1.29, 1.82) is 0 Å². The lowest BCUT2D eigenvalue weighted by atomic mass is 9.99. The summed E-state index contributed by atoms with van der Waals surface area (Å²) in [5, 5.41) is 0. The lowest BCUT2D eigenvalue weighted by Gasteiger charge is -2.14. The zero-order chi connectivity index (χ0) is 13.7. The van der Waals surface area contributed by atoms with E-state index in [-0.39, 0.29) is 6.04 Å². The van der Waals surface area contributed by atoms with E-state index < -0.39 is 0 Å². The molecular weight excluding hydrogens is 236 g/mol. The normalized spacial score (nSPS) is 12.2. The maximum atomic E-state index is 6.28. The molecule has 0 radical (unpaired) electrons. The molecule has 0 amide bonds. The van der Waals surface area contributed by atoms with Crippen LogP contribution < -0.4 is 10.5 Å². The number of pyridine rings is 1. The topological polar surface area (TPSA) is 48.1 Å². The second-order valence-electron chi connectivity index (χ2n) is 4.46. The van der Waals surface area contributed by atoms with Crippen molar-refractivity contribution in [3.63, 3.8) is 0 Å². The van der Waals surface area contributed by atoms with Crippen molar-refractivity contribution in [2.24, 2.45) is 5.73 Å². The predicted molar refractivity (Wildman–Crippen MR) is 77.3 cm³/mol. The van der Waals surface area contributed by atoms with Gasteiger partial charge in [-0.1, -0.05) is 31.2 Å². The minimum Gasteiger partial charge on any atom is -0.492 e. The SMILES string of the molecule is CCOc1cncc(C(N)c2ccc(CC)cc2)c1. The number of aromatic nitrogens is 1. The molecule has 1 unspecified atom stereocenters. The van der Waals surface area contributed by atoms with Crippen molar-refractivity contribution < 1.29 is 4.74 Å². The number of hydrogen-bond acceptors (Lipinski definition) is 3. The van der Waals surface area contributed by atoms with E-state index >= 15 is 0 Å². The molecule has 0 aliphatic heterocycles. The summed E-state index contributed by atoms with van der Waals surface area (Å²) in [6, 6.07) is 10.2. The van der Waals surface area contributed by atoms with Crippen LogP contribution in [-0.4, -0.2) is 11.6 Å². The molecule has 0 saturated heterocycles. The van der Waals surface area contributed by atoms with Crippen LogP contribution in [0.15, 0.2) is 42.7 Å². The summed E-state index contributed by atoms with van der Waals surface area (Å²) in [7, 11) is 0. The van der Waals surface area contributed by atoms with E-state index in [4.69, 9.17) is 10.5 Å². The van der Waals surface area contributed by atoms with E-state index in [0.717, 1.165) is 23.3 Å². The van der Waals surface area contributed by atoms with Crippen LogP contribution in [0.1, 0.15) is 36.6 Å². The summed E-state index contributed by atoms with van der Waals surface area (Å²) < 4.78 is 5.45. The van der Waals surface area contributed by atoms with Crippen molar-refractivity contribution in [3.8, 4) is 5.75 Å². The lowest BCUT2D eigenvalue weighted by Crippen LogP contribution is -2.12. The van der Waals surface area contributed by atoms with E-state index in [1.807, 2.05) is 13.0 Å². The minimum atomic E-state index is -0.168. The first-order chi connectivity index (χ1) is 9.24. The highest BCUT2D eigenvalue weighted by Crippen LogP contribution is 2.22. The average Bonchev–Trinajstić information content (AvgIpc) is 2.47. The Bertz CT molecular complexity index is 523. The molecule has 3 heteroatoms. The van der Waals surface area contributed by atoms with Crippen molar-refractivity contribution in [3.05, 3.63) is 59.4 Å². The molecule has 1 atom stereocenters. The highest BCUT2D eigenvalue weighted by Gasteiger charge is 2.10. The molecule has 0 saturated carbocycles. The van der Waals surface area contributed by atoms with Gasteiger partial charge in [0.25, 0.3) is 0 Å². The molecule has 0 bridgehead atoms. The largest absolute Gasteiger partial charge is 0.492 e. The van der Waals surface area contributed by atoms with Crippen molar-refractivity contribution >= 4 is 0 Å². The minimum absolute atomic E-state index is 0.168. The van der Waals surface area contributed by atoms with Gasteiger partial charge in [0.05, 0.1) is 18.8 Å². The maximum Gasteiger partial charge on any atom is 0.137 e. The van der Waals surface area contributed by atoms with Gasteiger partial charge in [0, 0.05) is 6.20 Å². The quantitative estimate of drug-likeness (QED) is 0.894. The average molecular weight is 256 g/mol. The van der Waals surface area contributed by atoms with Crippen LogP contribution in [-0.2, 0) is 6.42 Å². The molecule has 3 nitrogen and oxygen atoms in total. The second-order valence-corrected chi connectivity index (χ2v) is 4.46. The molecule has 0 spiro atoms. The number of nitrogens with two attached hydrogens (primary N) is 1. The first kappa shape index (κ1) is 13.6. The highest BCUT2D eigenvalue weighted by molar-refractivity contribution is 5.34. The Hall–Kier alpha value is -1.87. The number of ether oxygens (including phenoxy) is 1. The maximum absolute atomic E-state index is 6.28. The summed E-state index contributed by atoms with van der Waals surface area (Å²) in [6.45, 7) is 4.73. The second kappa shape index (κ2) is 6.34. The van der Waals surface area contributed by atoms with Crippen molar-refractivity contribution in [2.45, 2.75) is 26.3 Å². The first-order valence-corrected chi connectivity index (χ1v) is 6.66. The number of benzene rings is 1. The van der Waals surface area contributed by atoms with Crippen LogP contribution >= 0.6 is 0 Å². The lowest BCUT2D eigenvalue weighted by molar-refractivity contribution is 0.338. The Morgan fingerprint density at radius 1 is 1.11 bits per heavy atom. The molecule has 2 aromatic rings. The van der Waals surface area contributed by atoms with Crippen LogP contribution in [0.3, 0.4) is 0 Å². The third-order valence-corrected chi connectivity index (χ3v) is 3.15. The Kier molecular flexibility index (Phi) is 4.53. The zero-order valence-corrected chi connectivity index (χ0v) is 11.5. The van der Waals surface area contributed by atoms with Crippen LogP contribution in [0.4, 0.5) is 0 Å². The smallest absolute Gasteiger partial charge is 0.137 e. The molecule has 2 rings (SSSR count). The van der Waals surface area contributed by atoms with E-state index in [0.29, 0.717) is 6.61 Å². The van der Waals surface area contributed by atoms with E-state index in [1.54, 1.807) is 12.4 Å². The van der Waals surface area contributed by atoms with Crippen LogP contribution in [0, 0.1) is 0 Å². The van der Waals surface area contributed by atoms with Crippen LogP contribution in [0.25, 0.3) is 0 Å². The Morgan fingerprint density at radius 3 is 2.47 bits per heavy atom. The molecule has 0 aliphatic carbocycles. The van der Waals surface area contributed by atoms with Gasteiger partial charge in [-0.05, 0) is 36.1 Å². The monoisotopic (exact) mass is 256 g/mol. The Balaban J connectivity index is 2.22. The molecule has 2 N–H and O–H groups in total. The van der Waals surface area contributed by atoms with E-state index in [1.165, 1.54) is 5.56 Å². The van der Waals surface area contributed by atoms with E-state index in [2.05, 4.69) is 36.2 Å². The van der Waals surface area contributed by atoms with Gasteiger partial charge in [0.2, 0.25) is 0 Å². The van der Waals surface area contributed by atoms with Crippen LogP contribution in [0.5, 0.6) is 5.75 Å². The van der Waals surface area contributed by atoms with Gasteiger partial charge in [0.15, 0.2) is 0 Å². The number of rotatable bonds is 5. The molecule has 1 aromatic carbocycles. The summed E-state index contributed by atoms with van der Waals surface area (Å²) in [6.07, 6.45) is 4.54. The summed E-state index contributed by atoms with van der Waals surface area (Å²) in [5.41, 5.74) is 9.65. The fourth-order valence-electron chi connectivity index (χ4n) is 2.00. The van der Waals surface area contributed by atoms with Gasteiger partial charge in [-0.3, -0.25) is 4.98 Å². The molecule has 19 heavy (non-hydrogen) atoms. The molecule has 0 fully saturated rings. The van der Waals surface area contributed by atoms with Gasteiger partial charge < -0.3 is 10.5 Å². The third-order valence-electron chi connectivity index (χ3n) is 3.15. The van der Waals surface area contributed by atoms with Crippen molar-refractivity contribution in [1.82, 2.24) is 4.98 Å². The molecule has 1 heterocycles. The summed E-state index contributed by atoms with van der Waals surface area (Å²) in [4.78, 5) is 4.18. The first-order valence-electron chi connectivity index (χ1n) is 6.66. The molecule has 0 aliphatic rings. The van der Waals surface area contributed by atoms with E-state index in [9.17, 15) is 0 Å². The number of hydrogen-bond donors (Lipinski definition) is 1. The number of nitrogens with zero attached hydrogens (tertiary/aromatic N) is 1. The highest BCUT2D eigenvalue weighted by atomic mass is 16.5. The third kappa shape index (κ3) is 3.32. The Labute approximate surface area is 114 Å². The zero-order valence-electron chi connectivity index (χ0n) is 11.5.